The van der Waals surface area contributed by atoms with Crippen LogP contribution in [0.1, 0.15) is 44.4 Å². The van der Waals surface area contributed by atoms with Gasteiger partial charge in [0.05, 0.1) is 17.7 Å². The number of hydrogen-bond donors (Lipinski definition) is 1. The average molecular weight is 566 g/mol. The van der Waals surface area contributed by atoms with Gasteiger partial charge in [-0.25, -0.2) is 8.42 Å². The number of carbonyl (C=O) groups excluding carboxylic acids is 2. The van der Waals surface area contributed by atoms with Crippen LogP contribution in [0, 0.1) is 13.8 Å². The van der Waals surface area contributed by atoms with E-state index in [-0.39, 0.29) is 17.3 Å². The number of aryl methyl sites for hydroxylation is 2. The van der Waals surface area contributed by atoms with Gasteiger partial charge in [-0.15, -0.1) is 0 Å². The summed E-state index contributed by atoms with van der Waals surface area (Å²) in [5.74, 6) is -0.181. The van der Waals surface area contributed by atoms with Gasteiger partial charge in [-0.3, -0.25) is 13.9 Å². The van der Waals surface area contributed by atoms with Gasteiger partial charge < -0.3 is 15.0 Å². The Hall–Kier alpha value is -3.85. The number of amides is 2. The molecular weight excluding hydrogens is 526 g/mol. The molecule has 0 radical (unpaired) electrons. The summed E-state index contributed by atoms with van der Waals surface area (Å²) in [4.78, 5) is 28.7. The first-order chi connectivity index (χ1) is 18.7. The van der Waals surface area contributed by atoms with Gasteiger partial charge in [0.15, 0.2) is 0 Å². The maximum atomic E-state index is 14.0. The molecule has 0 bridgehead atoms. The maximum absolute atomic E-state index is 14.0. The van der Waals surface area contributed by atoms with Crippen LogP contribution in [0.5, 0.6) is 5.75 Å². The standard InChI is InChI=1S/C31H39N3O5S/c1-22-12-18-27(19-13-22)40(37,38)34(28-11-9-8-10-23(28)2)21-29(35)33(24(3)30(36)32-31(4,5)6)20-25-14-16-26(39-7)17-15-25/h8-19,24H,20-21H2,1-7H3,(H,32,36). The summed E-state index contributed by atoms with van der Waals surface area (Å²) in [6, 6.07) is 19.9. The predicted octanol–water partition coefficient (Wildman–Crippen LogP) is 4.84. The van der Waals surface area contributed by atoms with Crippen molar-refractivity contribution in [2.75, 3.05) is 18.0 Å². The molecule has 0 saturated heterocycles. The molecule has 0 fully saturated rings. The Labute approximate surface area is 238 Å². The summed E-state index contributed by atoms with van der Waals surface area (Å²) in [6.45, 7) is 10.5. The Kier molecular flexibility index (Phi) is 9.63. The van der Waals surface area contributed by atoms with Gasteiger partial charge in [0, 0.05) is 12.1 Å². The second-order valence-electron chi connectivity index (χ2n) is 10.9. The highest BCUT2D eigenvalue weighted by molar-refractivity contribution is 7.92. The molecule has 0 aromatic heterocycles. The lowest BCUT2D eigenvalue weighted by Crippen LogP contribution is -2.54. The predicted molar refractivity (Wildman–Crippen MR) is 158 cm³/mol. The molecule has 3 aromatic rings. The van der Waals surface area contributed by atoms with Gasteiger partial charge in [0.25, 0.3) is 10.0 Å². The topological polar surface area (TPSA) is 96.0 Å². The number of hydrogen-bond acceptors (Lipinski definition) is 5. The lowest BCUT2D eigenvalue weighted by molar-refractivity contribution is -0.140. The highest BCUT2D eigenvalue weighted by Gasteiger charge is 2.33. The van der Waals surface area contributed by atoms with Crippen LogP contribution in [0.2, 0.25) is 0 Å². The summed E-state index contributed by atoms with van der Waals surface area (Å²) in [6.07, 6.45) is 0. The van der Waals surface area contributed by atoms with Gasteiger partial charge in [0.1, 0.15) is 18.3 Å². The monoisotopic (exact) mass is 565 g/mol. The Morgan fingerprint density at radius 3 is 2.08 bits per heavy atom. The van der Waals surface area contributed by atoms with Crippen molar-refractivity contribution in [1.82, 2.24) is 10.2 Å². The van der Waals surface area contributed by atoms with E-state index in [0.717, 1.165) is 15.4 Å². The third kappa shape index (κ3) is 7.63. The van der Waals surface area contributed by atoms with Crippen LogP contribution in [-0.2, 0) is 26.2 Å². The van der Waals surface area contributed by atoms with Gasteiger partial charge in [-0.2, -0.15) is 0 Å². The molecule has 9 heteroatoms. The van der Waals surface area contributed by atoms with E-state index in [0.29, 0.717) is 17.0 Å². The Balaban J connectivity index is 2.04. The Bertz CT molecular complexity index is 1430. The van der Waals surface area contributed by atoms with Crippen molar-refractivity contribution in [1.29, 1.82) is 0 Å². The number of sulfonamides is 1. The normalized spacial score (nSPS) is 12.4. The molecule has 1 unspecified atom stereocenters. The van der Waals surface area contributed by atoms with Crippen LogP contribution >= 0.6 is 0 Å². The van der Waals surface area contributed by atoms with Gasteiger partial charge >= 0.3 is 0 Å². The number of benzene rings is 3. The molecule has 3 aromatic carbocycles. The minimum absolute atomic E-state index is 0.0781. The molecular formula is C31H39N3O5S. The molecule has 214 valence electrons. The van der Waals surface area contributed by atoms with Crippen molar-refractivity contribution < 1.29 is 22.7 Å². The fourth-order valence-electron chi connectivity index (χ4n) is 4.18. The molecule has 0 aliphatic heterocycles. The van der Waals surface area contributed by atoms with E-state index in [9.17, 15) is 18.0 Å². The SMILES string of the molecule is COc1ccc(CN(C(=O)CN(c2ccccc2C)S(=O)(=O)c2ccc(C)cc2)C(C)C(=O)NC(C)(C)C)cc1. The summed E-state index contributed by atoms with van der Waals surface area (Å²) in [7, 11) is -2.54. The smallest absolute Gasteiger partial charge is 0.264 e. The third-order valence-electron chi connectivity index (χ3n) is 6.45. The van der Waals surface area contributed by atoms with Crippen molar-refractivity contribution in [3.05, 3.63) is 89.5 Å². The summed E-state index contributed by atoms with van der Waals surface area (Å²) in [5.41, 5.74) is 2.27. The van der Waals surface area contributed by atoms with Crippen molar-refractivity contribution in [2.45, 2.75) is 64.6 Å². The molecule has 0 aliphatic rings. The number of nitrogens with zero attached hydrogens (tertiary/aromatic N) is 2. The van der Waals surface area contributed by atoms with E-state index in [4.69, 9.17) is 4.74 Å². The highest BCUT2D eigenvalue weighted by Crippen LogP contribution is 2.27. The lowest BCUT2D eigenvalue weighted by atomic mass is 10.1. The van der Waals surface area contributed by atoms with E-state index >= 15 is 0 Å². The molecule has 40 heavy (non-hydrogen) atoms. The van der Waals surface area contributed by atoms with E-state index in [1.54, 1.807) is 63.4 Å². The van der Waals surface area contributed by atoms with Crippen LogP contribution in [0.3, 0.4) is 0 Å². The lowest BCUT2D eigenvalue weighted by Gasteiger charge is -2.33. The number of carbonyl (C=O) groups is 2. The van der Waals surface area contributed by atoms with Crippen LogP contribution < -0.4 is 14.4 Å². The summed E-state index contributed by atoms with van der Waals surface area (Å²) >= 11 is 0. The van der Waals surface area contributed by atoms with Crippen LogP contribution in [-0.4, -0.2) is 50.4 Å². The van der Waals surface area contributed by atoms with Crippen LogP contribution in [0.15, 0.2) is 77.7 Å². The molecule has 3 rings (SSSR count). The van der Waals surface area contributed by atoms with Crippen LogP contribution in [0.4, 0.5) is 5.69 Å². The minimum Gasteiger partial charge on any atom is -0.497 e. The van der Waals surface area contributed by atoms with Crippen LogP contribution in [0.25, 0.3) is 0 Å². The van der Waals surface area contributed by atoms with E-state index < -0.39 is 34.1 Å². The minimum atomic E-state index is -4.11. The van der Waals surface area contributed by atoms with Crippen molar-refractivity contribution >= 4 is 27.5 Å². The largest absolute Gasteiger partial charge is 0.497 e. The zero-order valence-electron chi connectivity index (χ0n) is 24.3. The number of rotatable bonds is 10. The fraction of sp³-hybridized carbons (Fsp3) is 0.355. The van der Waals surface area contributed by atoms with E-state index in [1.807, 2.05) is 45.9 Å². The van der Waals surface area contributed by atoms with Gasteiger partial charge in [0.2, 0.25) is 11.8 Å². The molecule has 0 saturated carbocycles. The molecule has 0 aliphatic carbocycles. The molecule has 0 spiro atoms. The number of anilines is 1. The first kappa shape index (κ1) is 30.7. The highest BCUT2D eigenvalue weighted by atomic mass is 32.2. The number of para-hydroxylation sites is 1. The first-order valence-corrected chi connectivity index (χ1v) is 14.6. The number of nitrogens with one attached hydrogen (secondary N) is 1. The quantitative estimate of drug-likeness (QED) is 0.380. The molecule has 1 N–H and O–H groups in total. The second-order valence-corrected chi connectivity index (χ2v) is 12.8. The zero-order chi connectivity index (χ0) is 29.7. The summed E-state index contributed by atoms with van der Waals surface area (Å²) in [5, 5.41) is 2.93. The zero-order valence-corrected chi connectivity index (χ0v) is 25.1. The second kappa shape index (κ2) is 12.6. The van der Waals surface area contributed by atoms with Crippen molar-refractivity contribution in [2.24, 2.45) is 0 Å². The molecule has 8 nitrogen and oxygen atoms in total. The molecule has 0 heterocycles. The number of methoxy groups -OCH3 is 1. The molecule has 1 atom stereocenters. The van der Waals surface area contributed by atoms with E-state index in [2.05, 4.69) is 5.32 Å². The maximum Gasteiger partial charge on any atom is 0.264 e. The van der Waals surface area contributed by atoms with Crippen molar-refractivity contribution in [3.63, 3.8) is 0 Å². The molecule has 2 amide bonds. The van der Waals surface area contributed by atoms with E-state index in [1.165, 1.54) is 17.0 Å². The van der Waals surface area contributed by atoms with Gasteiger partial charge in [-0.05, 0) is 83.0 Å². The number of ether oxygens (including phenoxy) is 1. The average Bonchev–Trinajstić information content (AvgIpc) is 2.90. The van der Waals surface area contributed by atoms with Gasteiger partial charge in [-0.1, -0.05) is 48.0 Å². The Morgan fingerprint density at radius 1 is 0.925 bits per heavy atom. The first-order valence-electron chi connectivity index (χ1n) is 13.1. The fourth-order valence-corrected chi connectivity index (χ4v) is 5.66. The summed E-state index contributed by atoms with van der Waals surface area (Å²) < 4.78 is 34.2. The Morgan fingerprint density at radius 2 is 1.52 bits per heavy atom. The van der Waals surface area contributed by atoms with Crippen molar-refractivity contribution in [3.8, 4) is 5.75 Å². The third-order valence-corrected chi connectivity index (χ3v) is 8.22.